The van der Waals surface area contributed by atoms with E-state index < -0.39 is 5.97 Å². The number of nitrogens with zero attached hydrogens (tertiary/aromatic N) is 2. The number of carbonyl (C=O) groups is 1. The number of hydrogen-bond donors (Lipinski definition) is 2. The summed E-state index contributed by atoms with van der Waals surface area (Å²) in [4.78, 5) is 15.6. The first-order chi connectivity index (χ1) is 9.25. The molecule has 19 heavy (non-hydrogen) atoms. The molecule has 0 aromatic rings. The fraction of sp³-hybridized carbons (Fsp3) is 0.929. The quantitative estimate of drug-likeness (QED) is 0.692. The number of rotatable bonds is 6. The Kier molecular flexibility index (Phi) is 6.07. The smallest absolute Gasteiger partial charge is 0.303 e. The predicted octanol–water partition coefficient (Wildman–Crippen LogP) is 0.611. The van der Waals surface area contributed by atoms with Gasteiger partial charge in [0.1, 0.15) is 0 Å². The summed E-state index contributed by atoms with van der Waals surface area (Å²) in [6, 6.07) is 0.787. The number of aliphatic carboxylic acids is 1. The van der Waals surface area contributed by atoms with Crippen LogP contribution in [0.25, 0.3) is 0 Å². The van der Waals surface area contributed by atoms with Crippen LogP contribution in [0.3, 0.4) is 0 Å². The highest BCUT2D eigenvalue weighted by Gasteiger charge is 2.24. The summed E-state index contributed by atoms with van der Waals surface area (Å²) in [7, 11) is 0. The second-order valence-corrected chi connectivity index (χ2v) is 5.71. The zero-order chi connectivity index (χ0) is 13.5. The number of hydrogen-bond acceptors (Lipinski definition) is 4. The Morgan fingerprint density at radius 3 is 2.42 bits per heavy atom. The van der Waals surface area contributed by atoms with Gasteiger partial charge in [0.05, 0.1) is 0 Å². The minimum absolute atomic E-state index is 0.315. The van der Waals surface area contributed by atoms with E-state index in [0.717, 1.165) is 38.5 Å². The maximum atomic E-state index is 10.4. The topological polar surface area (TPSA) is 55.8 Å². The van der Waals surface area contributed by atoms with Crippen LogP contribution in [0.1, 0.15) is 32.1 Å². The van der Waals surface area contributed by atoms with Crippen molar-refractivity contribution in [3.63, 3.8) is 0 Å². The van der Waals surface area contributed by atoms with Gasteiger partial charge in [0, 0.05) is 38.6 Å². The molecule has 0 aliphatic carbocycles. The number of nitrogens with one attached hydrogen (secondary N) is 1. The molecule has 2 heterocycles. The molecule has 2 fully saturated rings. The minimum atomic E-state index is -0.671. The zero-order valence-electron chi connectivity index (χ0n) is 11.8. The van der Waals surface area contributed by atoms with Crippen molar-refractivity contribution in [2.75, 3.05) is 45.8 Å². The van der Waals surface area contributed by atoms with Crippen molar-refractivity contribution in [2.45, 2.75) is 38.1 Å². The number of carboxylic acid groups (broad SMARTS) is 1. The van der Waals surface area contributed by atoms with Gasteiger partial charge in [-0.25, -0.2) is 0 Å². The Balaban J connectivity index is 1.58. The van der Waals surface area contributed by atoms with Crippen molar-refractivity contribution in [1.82, 2.24) is 15.1 Å². The Labute approximate surface area is 115 Å². The van der Waals surface area contributed by atoms with Crippen molar-refractivity contribution >= 4 is 5.97 Å². The highest BCUT2D eigenvalue weighted by molar-refractivity contribution is 5.66. The molecule has 0 amide bonds. The third-order valence-corrected chi connectivity index (χ3v) is 4.35. The molecule has 0 aromatic heterocycles. The van der Waals surface area contributed by atoms with Gasteiger partial charge in [-0.1, -0.05) is 0 Å². The van der Waals surface area contributed by atoms with E-state index >= 15 is 0 Å². The summed E-state index contributed by atoms with van der Waals surface area (Å²) in [5.41, 5.74) is 0. The lowest BCUT2D eigenvalue weighted by Gasteiger charge is -2.40. The molecule has 2 rings (SSSR count). The maximum absolute atomic E-state index is 10.4. The number of piperidine rings is 1. The van der Waals surface area contributed by atoms with E-state index in [9.17, 15) is 4.79 Å². The van der Waals surface area contributed by atoms with E-state index in [4.69, 9.17) is 5.11 Å². The predicted molar refractivity (Wildman–Crippen MR) is 75.4 cm³/mol. The fourth-order valence-electron chi connectivity index (χ4n) is 3.14. The lowest BCUT2D eigenvalue weighted by atomic mass is 10.0. The normalized spacial score (nSPS) is 23.6. The van der Waals surface area contributed by atoms with Crippen molar-refractivity contribution in [3.8, 4) is 0 Å². The first kappa shape index (κ1) is 14.8. The molecule has 0 atom stereocenters. The first-order valence-electron chi connectivity index (χ1n) is 7.64. The van der Waals surface area contributed by atoms with E-state index in [1.54, 1.807) is 0 Å². The summed E-state index contributed by atoms with van der Waals surface area (Å²) >= 11 is 0. The molecule has 2 aliphatic rings. The molecular weight excluding hydrogens is 242 g/mol. The van der Waals surface area contributed by atoms with E-state index in [1.165, 1.54) is 39.0 Å². The van der Waals surface area contributed by atoms with Gasteiger partial charge in [-0.15, -0.1) is 0 Å². The van der Waals surface area contributed by atoms with Gasteiger partial charge in [0.15, 0.2) is 0 Å². The zero-order valence-corrected chi connectivity index (χ0v) is 11.8. The average Bonchev–Trinajstić information content (AvgIpc) is 2.45. The average molecular weight is 269 g/mol. The highest BCUT2D eigenvalue weighted by atomic mass is 16.4. The van der Waals surface area contributed by atoms with Crippen LogP contribution in [-0.2, 0) is 4.79 Å². The van der Waals surface area contributed by atoms with E-state index in [-0.39, 0.29) is 0 Å². The van der Waals surface area contributed by atoms with Gasteiger partial charge in [0.2, 0.25) is 0 Å². The number of carboxylic acids is 1. The summed E-state index contributed by atoms with van der Waals surface area (Å²) in [5.74, 6) is -0.671. The molecular formula is C14H27N3O2. The van der Waals surface area contributed by atoms with Crippen molar-refractivity contribution in [2.24, 2.45) is 0 Å². The third kappa shape index (κ3) is 5.09. The maximum Gasteiger partial charge on any atom is 0.303 e. The molecule has 2 N–H and O–H groups in total. The number of piperazine rings is 1. The van der Waals surface area contributed by atoms with E-state index in [1.807, 2.05) is 0 Å². The highest BCUT2D eigenvalue weighted by Crippen LogP contribution is 2.14. The van der Waals surface area contributed by atoms with Crippen LogP contribution in [-0.4, -0.2) is 72.7 Å². The molecule has 0 bridgehead atoms. The number of unbranched alkanes of at least 4 members (excludes halogenated alkanes) is 1. The van der Waals surface area contributed by atoms with Gasteiger partial charge in [-0.3, -0.25) is 9.69 Å². The van der Waals surface area contributed by atoms with E-state index in [2.05, 4.69) is 15.1 Å². The molecule has 110 valence electrons. The molecule has 5 heteroatoms. The van der Waals surface area contributed by atoms with Crippen molar-refractivity contribution < 1.29 is 9.90 Å². The van der Waals surface area contributed by atoms with Crippen LogP contribution >= 0.6 is 0 Å². The molecule has 0 unspecified atom stereocenters. The van der Waals surface area contributed by atoms with Gasteiger partial charge in [-0.05, 0) is 45.3 Å². The fourth-order valence-corrected chi connectivity index (χ4v) is 3.14. The molecule has 0 aromatic carbocycles. The Hall–Kier alpha value is -0.650. The van der Waals surface area contributed by atoms with Crippen LogP contribution in [0.4, 0.5) is 0 Å². The van der Waals surface area contributed by atoms with Crippen LogP contribution in [0.15, 0.2) is 0 Å². The molecule has 2 aliphatic heterocycles. The van der Waals surface area contributed by atoms with Gasteiger partial charge in [0.25, 0.3) is 0 Å². The Morgan fingerprint density at radius 1 is 1.11 bits per heavy atom. The van der Waals surface area contributed by atoms with Crippen LogP contribution in [0.2, 0.25) is 0 Å². The van der Waals surface area contributed by atoms with Gasteiger partial charge >= 0.3 is 5.97 Å². The molecule has 0 spiro atoms. The molecule has 0 saturated carbocycles. The van der Waals surface area contributed by atoms with Gasteiger partial charge in [-0.2, -0.15) is 0 Å². The molecule has 0 radical (unpaired) electrons. The SMILES string of the molecule is O=C(O)CCCCN1CCN(C2CCNCC2)CC1. The summed E-state index contributed by atoms with van der Waals surface area (Å²) in [5, 5.41) is 12.0. The van der Waals surface area contributed by atoms with Crippen LogP contribution in [0, 0.1) is 0 Å². The van der Waals surface area contributed by atoms with Crippen molar-refractivity contribution in [3.05, 3.63) is 0 Å². The second-order valence-electron chi connectivity index (χ2n) is 5.71. The summed E-state index contributed by atoms with van der Waals surface area (Å²) in [6.07, 6.45) is 4.72. The lowest BCUT2D eigenvalue weighted by Crippen LogP contribution is -2.52. The standard InChI is InChI=1S/C14H27N3O2/c18-14(19)3-1-2-8-16-9-11-17(12-10-16)13-4-6-15-7-5-13/h13,15H,1-12H2,(H,18,19). The van der Waals surface area contributed by atoms with Gasteiger partial charge < -0.3 is 15.3 Å². The molecule has 2 saturated heterocycles. The monoisotopic (exact) mass is 269 g/mol. The second kappa shape index (κ2) is 7.82. The first-order valence-corrected chi connectivity index (χ1v) is 7.64. The van der Waals surface area contributed by atoms with Crippen molar-refractivity contribution in [1.29, 1.82) is 0 Å². The summed E-state index contributed by atoms with van der Waals surface area (Å²) < 4.78 is 0. The Bertz CT molecular complexity index is 272. The largest absolute Gasteiger partial charge is 0.481 e. The van der Waals surface area contributed by atoms with Crippen LogP contribution < -0.4 is 5.32 Å². The Morgan fingerprint density at radius 2 is 1.79 bits per heavy atom. The minimum Gasteiger partial charge on any atom is -0.481 e. The third-order valence-electron chi connectivity index (χ3n) is 4.35. The van der Waals surface area contributed by atoms with Crippen LogP contribution in [0.5, 0.6) is 0 Å². The lowest BCUT2D eigenvalue weighted by molar-refractivity contribution is -0.137. The summed E-state index contributed by atoms with van der Waals surface area (Å²) in [6.45, 7) is 8.06. The molecule has 5 nitrogen and oxygen atoms in total. The van der Waals surface area contributed by atoms with E-state index in [0.29, 0.717) is 6.42 Å².